The summed E-state index contributed by atoms with van der Waals surface area (Å²) in [6.45, 7) is 4.92. The van der Waals surface area contributed by atoms with Crippen molar-refractivity contribution < 1.29 is 19.7 Å². The summed E-state index contributed by atoms with van der Waals surface area (Å²) in [6, 6.07) is 0. The second-order valence-electron chi connectivity index (χ2n) is 2.54. The molecule has 4 heteroatoms. The van der Waals surface area contributed by atoms with Crippen molar-refractivity contribution in [2.75, 3.05) is 20.3 Å². The van der Waals surface area contributed by atoms with Crippen LogP contribution in [0.5, 0.6) is 0 Å². The number of aliphatic hydroxyl groups excluding tert-OH is 2. The van der Waals surface area contributed by atoms with Gasteiger partial charge in [-0.05, 0) is 12.5 Å². The first-order chi connectivity index (χ1) is 5.65. The fraction of sp³-hybridized carbons (Fsp3) is 0.750. The standard InChI is InChI=1S/C8H16O4/c1-6(2)8(11-3)12-7(4-9)5-10/h7-10H,1,4-5H2,2-3H3. The van der Waals surface area contributed by atoms with E-state index in [0.717, 1.165) is 0 Å². The van der Waals surface area contributed by atoms with E-state index in [1.54, 1.807) is 6.92 Å². The van der Waals surface area contributed by atoms with Gasteiger partial charge in [-0.1, -0.05) is 6.58 Å². The van der Waals surface area contributed by atoms with Gasteiger partial charge >= 0.3 is 0 Å². The third kappa shape index (κ3) is 3.82. The second-order valence-corrected chi connectivity index (χ2v) is 2.54. The van der Waals surface area contributed by atoms with Gasteiger partial charge in [-0.3, -0.25) is 0 Å². The maximum Gasteiger partial charge on any atom is 0.179 e. The van der Waals surface area contributed by atoms with Crippen molar-refractivity contribution in [1.82, 2.24) is 0 Å². The van der Waals surface area contributed by atoms with Crippen molar-refractivity contribution >= 4 is 0 Å². The van der Waals surface area contributed by atoms with E-state index in [4.69, 9.17) is 19.7 Å². The Morgan fingerprint density at radius 2 is 1.92 bits per heavy atom. The zero-order valence-electron chi connectivity index (χ0n) is 7.49. The van der Waals surface area contributed by atoms with Crippen LogP contribution in [0.15, 0.2) is 12.2 Å². The average molecular weight is 176 g/mol. The van der Waals surface area contributed by atoms with Crippen LogP contribution < -0.4 is 0 Å². The van der Waals surface area contributed by atoms with Gasteiger partial charge in [0.05, 0.1) is 13.2 Å². The Labute approximate surface area is 72.4 Å². The Bertz CT molecular complexity index is 131. The quantitative estimate of drug-likeness (QED) is 0.438. The molecule has 0 bridgehead atoms. The number of hydrogen-bond donors (Lipinski definition) is 2. The van der Waals surface area contributed by atoms with Crippen LogP contribution in [0.2, 0.25) is 0 Å². The molecular formula is C8H16O4. The van der Waals surface area contributed by atoms with E-state index in [2.05, 4.69) is 6.58 Å². The van der Waals surface area contributed by atoms with Gasteiger partial charge in [0.15, 0.2) is 6.29 Å². The highest BCUT2D eigenvalue weighted by atomic mass is 16.7. The lowest BCUT2D eigenvalue weighted by Crippen LogP contribution is -2.29. The highest BCUT2D eigenvalue weighted by Crippen LogP contribution is 2.07. The topological polar surface area (TPSA) is 58.9 Å². The van der Waals surface area contributed by atoms with Crippen molar-refractivity contribution in [2.45, 2.75) is 19.3 Å². The molecule has 0 aromatic carbocycles. The largest absolute Gasteiger partial charge is 0.394 e. The van der Waals surface area contributed by atoms with Gasteiger partial charge in [-0.2, -0.15) is 0 Å². The zero-order chi connectivity index (χ0) is 9.56. The van der Waals surface area contributed by atoms with Gasteiger partial charge in [-0.15, -0.1) is 0 Å². The maximum absolute atomic E-state index is 8.68. The molecule has 0 spiro atoms. The summed E-state index contributed by atoms with van der Waals surface area (Å²) in [5, 5.41) is 17.4. The lowest BCUT2D eigenvalue weighted by molar-refractivity contribution is -0.153. The molecule has 0 rings (SSSR count). The van der Waals surface area contributed by atoms with Crippen molar-refractivity contribution in [2.24, 2.45) is 0 Å². The Kier molecular flexibility index (Phi) is 5.92. The molecule has 1 atom stereocenters. The number of aliphatic hydroxyl groups is 2. The molecule has 1 unspecified atom stereocenters. The normalized spacial score (nSPS) is 13.4. The molecular weight excluding hydrogens is 160 g/mol. The van der Waals surface area contributed by atoms with Crippen LogP contribution in [-0.4, -0.2) is 42.9 Å². The zero-order valence-corrected chi connectivity index (χ0v) is 7.49. The summed E-state index contributed by atoms with van der Waals surface area (Å²) >= 11 is 0. The molecule has 0 heterocycles. The fourth-order valence-corrected chi connectivity index (χ4v) is 0.691. The molecule has 0 amide bonds. The molecule has 0 aliphatic rings. The number of hydrogen-bond acceptors (Lipinski definition) is 4. The molecule has 2 N–H and O–H groups in total. The van der Waals surface area contributed by atoms with Crippen LogP contribution in [0, 0.1) is 0 Å². The van der Waals surface area contributed by atoms with E-state index in [9.17, 15) is 0 Å². The van der Waals surface area contributed by atoms with Crippen molar-refractivity contribution in [1.29, 1.82) is 0 Å². The van der Waals surface area contributed by atoms with Crippen LogP contribution in [0.25, 0.3) is 0 Å². The van der Waals surface area contributed by atoms with Crippen LogP contribution in [-0.2, 0) is 9.47 Å². The third-order valence-corrected chi connectivity index (χ3v) is 1.34. The predicted molar refractivity (Wildman–Crippen MR) is 44.7 cm³/mol. The van der Waals surface area contributed by atoms with Gasteiger partial charge in [0.2, 0.25) is 0 Å². The van der Waals surface area contributed by atoms with E-state index >= 15 is 0 Å². The summed E-state index contributed by atoms with van der Waals surface area (Å²) in [6.07, 6.45) is -1.17. The molecule has 4 nitrogen and oxygen atoms in total. The van der Waals surface area contributed by atoms with Gasteiger partial charge < -0.3 is 19.7 Å². The summed E-state index contributed by atoms with van der Waals surface area (Å²) in [7, 11) is 1.48. The first-order valence-corrected chi connectivity index (χ1v) is 3.71. The van der Waals surface area contributed by atoms with Gasteiger partial charge in [-0.25, -0.2) is 0 Å². The number of ether oxygens (including phenoxy) is 2. The van der Waals surface area contributed by atoms with E-state index in [1.807, 2.05) is 0 Å². The van der Waals surface area contributed by atoms with Crippen LogP contribution in [0.4, 0.5) is 0 Å². The Morgan fingerprint density at radius 1 is 1.42 bits per heavy atom. The minimum Gasteiger partial charge on any atom is -0.394 e. The van der Waals surface area contributed by atoms with Crippen molar-refractivity contribution in [3.8, 4) is 0 Å². The van der Waals surface area contributed by atoms with E-state index in [0.29, 0.717) is 5.57 Å². The van der Waals surface area contributed by atoms with Crippen molar-refractivity contribution in [3.05, 3.63) is 12.2 Å². The maximum atomic E-state index is 8.68. The monoisotopic (exact) mass is 176 g/mol. The molecule has 72 valence electrons. The van der Waals surface area contributed by atoms with E-state index < -0.39 is 12.4 Å². The van der Waals surface area contributed by atoms with Gasteiger partial charge in [0, 0.05) is 7.11 Å². The molecule has 0 fully saturated rings. The minimum atomic E-state index is -0.605. The predicted octanol–water partition coefficient (Wildman–Crippen LogP) is -0.0952. The van der Waals surface area contributed by atoms with E-state index in [1.165, 1.54) is 7.11 Å². The number of rotatable bonds is 6. The molecule has 0 aromatic heterocycles. The Hall–Kier alpha value is -0.420. The van der Waals surface area contributed by atoms with Crippen molar-refractivity contribution in [3.63, 3.8) is 0 Å². The first-order valence-electron chi connectivity index (χ1n) is 3.71. The van der Waals surface area contributed by atoms with Crippen LogP contribution in [0.1, 0.15) is 6.92 Å². The molecule has 0 aliphatic carbocycles. The highest BCUT2D eigenvalue weighted by Gasteiger charge is 2.14. The summed E-state index contributed by atoms with van der Waals surface area (Å²) in [5.41, 5.74) is 0.699. The SMILES string of the molecule is C=C(C)C(OC)OC(CO)CO. The number of methoxy groups -OCH3 is 1. The summed E-state index contributed by atoms with van der Waals surface area (Å²) in [4.78, 5) is 0. The van der Waals surface area contributed by atoms with E-state index in [-0.39, 0.29) is 13.2 Å². The second kappa shape index (κ2) is 6.14. The Balaban J connectivity index is 3.91. The third-order valence-electron chi connectivity index (χ3n) is 1.34. The van der Waals surface area contributed by atoms with Gasteiger partial charge in [0.25, 0.3) is 0 Å². The lowest BCUT2D eigenvalue weighted by Gasteiger charge is -2.20. The molecule has 12 heavy (non-hydrogen) atoms. The Morgan fingerprint density at radius 3 is 2.17 bits per heavy atom. The first kappa shape index (κ1) is 11.6. The molecule has 0 aliphatic heterocycles. The smallest absolute Gasteiger partial charge is 0.179 e. The van der Waals surface area contributed by atoms with Crippen LogP contribution >= 0.6 is 0 Å². The molecule has 0 radical (unpaired) electrons. The van der Waals surface area contributed by atoms with Gasteiger partial charge in [0.1, 0.15) is 6.10 Å². The lowest BCUT2D eigenvalue weighted by atomic mass is 10.3. The summed E-state index contributed by atoms with van der Waals surface area (Å²) in [5.74, 6) is 0. The minimum absolute atomic E-state index is 0.232. The van der Waals surface area contributed by atoms with Crippen LogP contribution in [0.3, 0.4) is 0 Å². The molecule has 0 aromatic rings. The average Bonchev–Trinajstić information content (AvgIpc) is 2.06. The fourth-order valence-electron chi connectivity index (χ4n) is 0.691. The highest BCUT2D eigenvalue weighted by molar-refractivity contribution is 4.93. The summed E-state index contributed by atoms with van der Waals surface area (Å²) < 4.78 is 10.0. The molecule has 0 saturated heterocycles. The molecule has 0 saturated carbocycles.